The Balaban J connectivity index is 0.000000602. The summed E-state index contributed by atoms with van der Waals surface area (Å²) in [5, 5.41) is 13.1. The zero-order valence-corrected chi connectivity index (χ0v) is 23.9. The normalized spacial score (nSPS) is 25.8. The molecule has 0 radical (unpaired) electrons. The van der Waals surface area contributed by atoms with E-state index in [9.17, 15) is 14.7 Å². The van der Waals surface area contributed by atoms with E-state index in [0.717, 1.165) is 32.3 Å². The van der Waals surface area contributed by atoms with Gasteiger partial charge in [0.25, 0.3) is 5.91 Å². The molecule has 4 atom stereocenters. The van der Waals surface area contributed by atoms with Crippen LogP contribution in [0.4, 0.5) is 0 Å². The molecule has 0 aromatic rings. The zero-order valence-electron chi connectivity index (χ0n) is 21.9. The van der Waals surface area contributed by atoms with E-state index in [1.165, 1.54) is 44.9 Å². The van der Waals surface area contributed by atoms with Gasteiger partial charge in [0.1, 0.15) is 5.41 Å². The van der Waals surface area contributed by atoms with Crippen molar-refractivity contribution in [2.45, 2.75) is 124 Å². The molecule has 4 unspecified atom stereocenters. The molecule has 0 aliphatic carbocycles. The van der Waals surface area contributed by atoms with E-state index in [0.29, 0.717) is 12.5 Å². The van der Waals surface area contributed by atoms with Gasteiger partial charge in [-0.25, -0.2) is 4.99 Å². The number of unbranched alkanes of at least 4 members (excludes halogenated alkanes) is 4. The Morgan fingerprint density at radius 1 is 1.06 bits per heavy atom. The minimum absolute atomic E-state index is 0. The molecule has 2 rings (SSSR count). The van der Waals surface area contributed by atoms with Crippen molar-refractivity contribution in [3.05, 3.63) is 0 Å². The van der Waals surface area contributed by atoms with Gasteiger partial charge in [0.05, 0.1) is 18.7 Å². The molecule has 1 N–H and O–H groups in total. The standard InChI is InChI=1S/C14H28O2.C11H18N2O3.Na/c1-3-5-7-9-13-11-12-15-14(16-13)10-8-6-4-2;1-4-6-7(3)11(5-2)8(14)12-10(16)13-9(11)15;/h13-14H,3-12H2,1-2H3;7H,4-6H2,1-3H3,(H2,12,13,14,15,16);/q;;+1/p-1. The Bertz CT molecular complexity index is 585. The maximum atomic E-state index is 11.9. The Morgan fingerprint density at radius 3 is 2.24 bits per heavy atom. The van der Waals surface area contributed by atoms with E-state index in [-0.39, 0.29) is 41.8 Å². The molecule has 1 saturated heterocycles. The number of carbonyl (C=O) groups is 2. The van der Waals surface area contributed by atoms with Gasteiger partial charge in [0.2, 0.25) is 5.91 Å². The second-order valence-corrected chi connectivity index (χ2v) is 9.03. The fourth-order valence-corrected chi connectivity index (χ4v) is 4.50. The molecule has 0 spiro atoms. The van der Waals surface area contributed by atoms with Crippen molar-refractivity contribution in [2.24, 2.45) is 16.3 Å². The average molecular weight is 477 g/mol. The van der Waals surface area contributed by atoms with Crippen LogP contribution in [-0.2, 0) is 19.1 Å². The molecular formula is C25H45N2NaO5. The third kappa shape index (κ3) is 10.4. The Labute approximate surface area is 223 Å². The molecule has 2 amide bonds. The van der Waals surface area contributed by atoms with Crippen LogP contribution in [0.25, 0.3) is 0 Å². The third-order valence-electron chi connectivity index (χ3n) is 6.59. The molecule has 2 aliphatic heterocycles. The Kier molecular flexibility index (Phi) is 17.6. The van der Waals surface area contributed by atoms with Gasteiger partial charge >= 0.3 is 29.6 Å². The van der Waals surface area contributed by atoms with Crippen molar-refractivity contribution in [1.29, 1.82) is 0 Å². The first-order valence-electron chi connectivity index (χ1n) is 12.7. The van der Waals surface area contributed by atoms with Crippen molar-refractivity contribution >= 4 is 17.8 Å². The summed E-state index contributed by atoms with van der Waals surface area (Å²) < 4.78 is 11.6. The van der Waals surface area contributed by atoms with Crippen molar-refractivity contribution in [3.8, 4) is 0 Å². The fourth-order valence-electron chi connectivity index (χ4n) is 4.50. The van der Waals surface area contributed by atoms with Gasteiger partial charge < -0.3 is 19.9 Å². The quantitative estimate of drug-likeness (QED) is 0.261. The van der Waals surface area contributed by atoms with E-state index in [1.54, 1.807) is 6.92 Å². The van der Waals surface area contributed by atoms with Crippen LogP contribution < -0.4 is 40.0 Å². The van der Waals surface area contributed by atoms with Gasteiger partial charge in [-0.15, -0.1) is 0 Å². The second kappa shape index (κ2) is 17.9. The maximum absolute atomic E-state index is 11.9. The fraction of sp³-hybridized carbons (Fsp3) is 0.880. The summed E-state index contributed by atoms with van der Waals surface area (Å²) in [5.41, 5.74) is -1.15. The largest absolute Gasteiger partial charge is 1.00 e. The van der Waals surface area contributed by atoms with Gasteiger partial charge in [-0.1, -0.05) is 73.1 Å². The monoisotopic (exact) mass is 476 g/mol. The molecule has 0 bridgehead atoms. The number of amidine groups is 1. The van der Waals surface area contributed by atoms with Gasteiger partial charge in [0.15, 0.2) is 6.29 Å². The van der Waals surface area contributed by atoms with Crippen LogP contribution in [0.15, 0.2) is 4.99 Å². The van der Waals surface area contributed by atoms with Crippen LogP contribution >= 0.6 is 0 Å². The molecule has 1 fully saturated rings. The second-order valence-electron chi connectivity index (χ2n) is 9.03. The van der Waals surface area contributed by atoms with Crippen LogP contribution in [0.1, 0.15) is 112 Å². The van der Waals surface area contributed by atoms with Crippen molar-refractivity contribution in [2.75, 3.05) is 6.61 Å². The minimum Gasteiger partial charge on any atom is -0.846 e. The van der Waals surface area contributed by atoms with Gasteiger partial charge in [0, 0.05) is 0 Å². The van der Waals surface area contributed by atoms with Crippen LogP contribution in [0.2, 0.25) is 0 Å². The van der Waals surface area contributed by atoms with Crippen molar-refractivity contribution in [3.63, 3.8) is 0 Å². The average Bonchev–Trinajstić information content (AvgIpc) is 2.75. The first-order chi connectivity index (χ1) is 15.3. The van der Waals surface area contributed by atoms with Crippen LogP contribution in [0.5, 0.6) is 0 Å². The molecule has 7 nitrogen and oxygen atoms in total. The predicted molar refractivity (Wildman–Crippen MR) is 125 cm³/mol. The Hall–Kier alpha value is -0.470. The molecular weight excluding hydrogens is 431 g/mol. The zero-order chi connectivity index (χ0) is 24.0. The smallest absolute Gasteiger partial charge is 0.846 e. The summed E-state index contributed by atoms with van der Waals surface area (Å²) in [6.07, 6.45) is 13.7. The number of nitrogens with one attached hydrogen (secondary N) is 1. The van der Waals surface area contributed by atoms with Gasteiger partial charge in [-0.2, -0.15) is 0 Å². The first kappa shape index (κ1) is 32.5. The van der Waals surface area contributed by atoms with E-state index >= 15 is 0 Å². The summed E-state index contributed by atoms with van der Waals surface area (Å²) in [4.78, 5) is 27.1. The minimum atomic E-state index is -1.15. The maximum Gasteiger partial charge on any atom is 1.00 e. The Morgan fingerprint density at radius 2 is 1.70 bits per heavy atom. The number of hydrogen-bond acceptors (Lipinski definition) is 5. The molecule has 0 saturated carbocycles. The summed E-state index contributed by atoms with van der Waals surface area (Å²) in [6, 6.07) is -0.845. The van der Waals surface area contributed by atoms with E-state index in [1.807, 2.05) is 13.8 Å². The first-order valence-corrected chi connectivity index (χ1v) is 12.7. The molecule has 2 aliphatic rings. The number of hydrogen-bond donors (Lipinski definition) is 1. The van der Waals surface area contributed by atoms with Crippen LogP contribution in [0, 0.1) is 11.3 Å². The molecule has 186 valence electrons. The summed E-state index contributed by atoms with van der Waals surface area (Å²) in [7, 11) is 0. The van der Waals surface area contributed by atoms with E-state index in [4.69, 9.17) is 9.47 Å². The van der Waals surface area contributed by atoms with Crippen LogP contribution in [-0.4, -0.2) is 36.8 Å². The number of aliphatic imine (C=N–C) groups is 1. The van der Waals surface area contributed by atoms with E-state index < -0.39 is 23.3 Å². The van der Waals surface area contributed by atoms with Crippen molar-refractivity contribution in [1.82, 2.24) is 5.32 Å². The van der Waals surface area contributed by atoms with Gasteiger partial charge in [-0.05, 0) is 44.4 Å². The molecule has 8 heteroatoms. The molecule has 2 heterocycles. The topological polar surface area (TPSA) is 100 Å². The number of carbonyl (C=O) groups excluding carboxylic acids is 2. The van der Waals surface area contributed by atoms with Crippen molar-refractivity contribution < 1.29 is 53.7 Å². The number of rotatable bonds is 12. The van der Waals surface area contributed by atoms with Crippen LogP contribution in [0.3, 0.4) is 0 Å². The summed E-state index contributed by atoms with van der Waals surface area (Å²) in [5.74, 6) is -1.20. The third-order valence-corrected chi connectivity index (χ3v) is 6.59. The van der Waals surface area contributed by atoms with Gasteiger partial charge in [-0.3, -0.25) is 9.59 Å². The SMILES string of the molecule is CCCC(C)C1(CC)C(=O)N=C([O-])NC1=O.CCCCCC1CCOC(CCCCC)O1.[Na+]. The molecule has 0 aromatic carbocycles. The number of ether oxygens (including phenoxy) is 2. The number of nitrogens with zero attached hydrogens (tertiary/aromatic N) is 1. The predicted octanol–water partition coefficient (Wildman–Crippen LogP) is 1.47. The molecule has 0 aromatic heterocycles. The number of amides is 2. The van der Waals surface area contributed by atoms with E-state index in [2.05, 4.69) is 24.2 Å². The summed E-state index contributed by atoms with van der Waals surface area (Å²) in [6.45, 7) is 11.0. The summed E-state index contributed by atoms with van der Waals surface area (Å²) >= 11 is 0. The molecule has 33 heavy (non-hydrogen) atoms.